The zero-order chi connectivity index (χ0) is 82.0. The lowest BCUT2D eigenvalue weighted by molar-refractivity contribution is 0.232. The quantitative estimate of drug-likeness (QED) is 0.0356. The first-order valence-corrected chi connectivity index (χ1v) is 44.2. The number of ether oxygens (including phenoxy) is 6. The molecule has 6 unspecified atom stereocenters. The van der Waals surface area contributed by atoms with E-state index in [1.807, 2.05) is 0 Å². The minimum absolute atomic E-state index is 0.480. The highest BCUT2D eigenvalue weighted by Gasteiger charge is 2.23. The van der Waals surface area contributed by atoms with Crippen LogP contribution in [0.3, 0.4) is 0 Å². The molecule has 0 aliphatic rings. The fraction of sp³-hybridized carbons (Fsp3) is 0.500. The molecule has 0 aromatic heterocycles. The molecule has 0 radical (unpaired) electrons. The van der Waals surface area contributed by atoms with Gasteiger partial charge in [0.15, 0.2) is 0 Å². The van der Waals surface area contributed by atoms with E-state index in [9.17, 15) is 0 Å². The SMILES string of the molecule is CCCCC(CC)COc1ccc(C#Cc2c(C#Cc3ccc(OCC(CC)CCCC)c(C)c3)c(C#Cc3ccc(OCC(CC)CCCC)c(C)c3)c(C#Cc3ccc(OCC(CC)CCCC)c(C)c3)c(C#Cc3ccc(OCC(CC)CCCC)c(C)c3)c2C#Cc2ccc(OCC(CC)CCCC)c(C)c2)cc1C. The van der Waals surface area contributed by atoms with Crippen molar-refractivity contribution in [3.63, 3.8) is 0 Å². The van der Waals surface area contributed by atoms with E-state index in [1.165, 1.54) is 38.5 Å². The third-order valence-corrected chi connectivity index (χ3v) is 22.6. The van der Waals surface area contributed by atoms with Crippen LogP contribution in [-0.4, -0.2) is 39.6 Å². The van der Waals surface area contributed by atoms with Gasteiger partial charge in [0.2, 0.25) is 0 Å². The van der Waals surface area contributed by atoms with E-state index in [0.29, 0.717) is 109 Å². The van der Waals surface area contributed by atoms with Crippen LogP contribution >= 0.6 is 0 Å². The number of hydrogen-bond donors (Lipinski definition) is 0. The summed E-state index contributed by atoms with van der Waals surface area (Å²) in [5, 5.41) is 0. The average molecular weight is 1530 g/mol. The molecule has 0 N–H and O–H groups in total. The van der Waals surface area contributed by atoms with Crippen LogP contribution < -0.4 is 28.4 Å². The molecule has 0 saturated heterocycles. The normalized spacial score (nSPS) is 12.4. The molecule has 6 nitrogen and oxygen atoms in total. The third kappa shape index (κ3) is 29.8. The second-order valence-electron chi connectivity index (χ2n) is 32.0. The van der Waals surface area contributed by atoms with Crippen LogP contribution in [0.25, 0.3) is 0 Å². The molecule has 0 heterocycles. The molecule has 0 aliphatic heterocycles. The van der Waals surface area contributed by atoms with Gasteiger partial charge >= 0.3 is 0 Å². The number of hydrogen-bond acceptors (Lipinski definition) is 6. The molecule has 7 aromatic carbocycles. The number of aryl methyl sites for hydroxylation is 6. The van der Waals surface area contributed by atoms with E-state index in [0.717, 1.165) is 217 Å². The summed E-state index contributed by atoms with van der Waals surface area (Å²) >= 11 is 0. The highest BCUT2D eigenvalue weighted by atomic mass is 16.5. The molecule has 0 amide bonds. The largest absolute Gasteiger partial charge is 0.493 e. The molecule has 114 heavy (non-hydrogen) atoms. The summed E-state index contributed by atoms with van der Waals surface area (Å²) in [5.41, 5.74) is 14.4. The predicted molar refractivity (Wildman–Crippen MR) is 482 cm³/mol. The second-order valence-corrected chi connectivity index (χ2v) is 32.0. The fourth-order valence-electron chi connectivity index (χ4n) is 14.3. The molecule has 6 heteroatoms. The number of unbranched alkanes of at least 4 members (excludes halogenated alkanes) is 6. The van der Waals surface area contributed by atoms with Gasteiger partial charge in [-0.15, -0.1) is 0 Å². The lowest BCUT2D eigenvalue weighted by Crippen LogP contribution is -2.11. The van der Waals surface area contributed by atoms with Crippen LogP contribution in [0.2, 0.25) is 0 Å². The Labute approximate surface area is 693 Å². The summed E-state index contributed by atoms with van der Waals surface area (Å²) in [4.78, 5) is 0. The predicted octanol–water partition coefficient (Wildman–Crippen LogP) is 27.5. The van der Waals surface area contributed by atoms with Gasteiger partial charge in [-0.25, -0.2) is 0 Å². The Bertz CT molecular complexity index is 3800. The minimum Gasteiger partial charge on any atom is -0.493 e. The van der Waals surface area contributed by atoms with Gasteiger partial charge in [0.25, 0.3) is 0 Å². The topological polar surface area (TPSA) is 55.4 Å². The van der Waals surface area contributed by atoms with Crippen molar-refractivity contribution in [1.29, 1.82) is 0 Å². The standard InChI is InChI=1S/C108H138O6/c1-19-31-37-85(25-7)73-109-103-61-49-91(67-79(103)13)43-55-97-98(56-44-92-50-62-104(80(14)68-92)110-74-86(26-8)38-32-20-2)100(58-46-94-52-64-106(82(16)70-94)112-76-88(28-10)40-34-22-4)102(60-48-96-54-66-108(84(18)72-96)114-78-90(30-12)42-36-24-6)101(59-47-95-53-65-107(83(17)71-95)113-77-89(29-11)41-35-23-5)99(97)57-45-93-51-63-105(81(15)69-93)111-75-87(27-9)39-33-21-3/h49-54,61-72,85-90H,19-42,73-78H2,1-18H3. The van der Waals surface area contributed by atoms with Crippen LogP contribution in [0, 0.1) is 148 Å². The first-order valence-electron chi connectivity index (χ1n) is 44.2. The van der Waals surface area contributed by atoms with Gasteiger partial charge in [-0.1, -0.05) is 270 Å². The average Bonchev–Trinajstić information content (AvgIpc) is 0.759. The van der Waals surface area contributed by atoms with Crippen LogP contribution in [-0.2, 0) is 0 Å². The molecule has 7 aromatic rings. The monoisotopic (exact) mass is 1530 g/mol. The second kappa shape index (κ2) is 50.8. The Morgan fingerprint density at radius 2 is 0.342 bits per heavy atom. The van der Waals surface area contributed by atoms with Crippen molar-refractivity contribution in [3.05, 3.63) is 209 Å². The lowest BCUT2D eigenvalue weighted by atomic mass is 9.86. The van der Waals surface area contributed by atoms with Crippen LogP contribution in [0.5, 0.6) is 34.5 Å². The van der Waals surface area contributed by atoms with Crippen LogP contribution in [0.4, 0.5) is 0 Å². The van der Waals surface area contributed by atoms with Crippen LogP contribution in [0.1, 0.15) is 337 Å². The maximum absolute atomic E-state index is 6.62. The minimum atomic E-state index is 0.480. The van der Waals surface area contributed by atoms with Gasteiger partial charge in [-0.3, -0.25) is 0 Å². The third-order valence-electron chi connectivity index (χ3n) is 22.6. The Hall–Kier alpha value is -9.30. The van der Waals surface area contributed by atoms with Crippen molar-refractivity contribution in [3.8, 4) is 106 Å². The molecule has 0 bridgehead atoms. The fourth-order valence-corrected chi connectivity index (χ4v) is 14.3. The van der Waals surface area contributed by atoms with Gasteiger partial charge in [0, 0.05) is 33.4 Å². The van der Waals surface area contributed by atoms with E-state index < -0.39 is 0 Å². The van der Waals surface area contributed by atoms with E-state index in [2.05, 4.69) is 305 Å². The Morgan fingerprint density at radius 1 is 0.202 bits per heavy atom. The Morgan fingerprint density at radius 3 is 0.456 bits per heavy atom. The van der Waals surface area contributed by atoms with Crippen LogP contribution in [0.15, 0.2) is 109 Å². The number of benzene rings is 7. The zero-order valence-corrected chi connectivity index (χ0v) is 73.5. The van der Waals surface area contributed by atoms with Crippen molar-refractivity contribution < 1.29 is 28.4 Å². The summed E-state index contributed by atoms with van der Waals surface area (Å²) in [6.45, 7) is 43.8. The summed E-state index contributed by atoms with van der Waals surface area (Å²) < 4.78 is 39.7. The van der Waals surface area contributed by atoms with E-state index in [-0.39, 0.29) is 0 Å². The Kier molecular flexibility index (Phi) is 41.0. The van der Waals surface area contributed by atoms with Crippen molar-refractivity contribution in [2.45, 2.75) is 279 Å². The van der Waals surface area contributed by atoms with E-state index in [4.69, 9.17) is 28.4 Å². The van der Waals surface area contributed by atoms with Gasteiger partial charge in [0.05, 0.1) is 73.0 Å². The smallest absolute Gasteiger partial charge is 0.122 e. The zero-order valence-electron chi connectivity index (χ0n) is 73.5. The van der Waals surface area contributed by atoms with E-state index in [1.54, 1.807) is 0 Å². The summed E-state index contributed by atoms with van der Waals surface area (Å²) in [5.74, 6) is 53.1. The molecule has 0 aliphatic carbocycles. The maximum Gasteiger partial charge on any atom is 0.122 e. The molecular formula is C108H138O6. The highest BCUT2D eigenvalue weighted by molar-refractivity contribution is 5.79. The summed E-state index contributed by atoms with van der Waals surface area (Å²) in [6.07, 6.45) is 27.4. The summed E-state index contributed by atoms with van der Waals surface area (Å²) in [6, 6.07) is 37.6. The molecule has 606 valence electrons. The number of rotatable bonds is 42. The lowest BCUT2D eigenvalue weighted by Gasteiger charge is -2.17. The highest BCUT2D eigenvalue weighted by Crippen LogP contribution is 2.33. The van der Waals surface area contributed by atoms with Crippen molar-refractivity contribution in [2.75, 3.05) is 39.6 Å². The van der Waals surface area contributed by atoms with Gasteiger partial charge in [-0.2, -0.15) is 0 Å². The molecular weight excluding hydrogens is 1390 g/mol. The molecule has 6 atom stereocenters. The summed E-state index contributed by atoms with van der Waals surface area (Å²) in [7, 11) is 0. The molecule has 0 fully saturated rings. The van der Waals surface area contributed by atoms with Crippen molar-refractivity contribution in [1.82, 2.24) is 0 Å². The maximum atomic E-state index is 6.62. The molecule has 7 rings (SSSR count). The van der Waals surface area contributed by atoms with Gasteiger partial charge in [-0.05, 0) is 258 Å². The van der Waals surface area contributed by atoms with Crippen molar-refractivity contribution in [2.24, 2.45) is 35.5 Å². The van der Waals surface area contributed by atoms with Crippen molar-refractivity contribution >= 4 is 0 Å². The van der Waals surface area contributed by atoms with Gasteiger partial charge < -0.3 is 28.4 Å². The van der Waals surface area contributed by atoms with Gasteiger partial charge in [0.1, 0.15) is 34.5 Å². The molecule has 0 saturated carbocycles. The molecule has 0 spiro atoms. The first-order chi connectivity index (χ1) is 55.4. The van der Waals surface area contributed by atoms with E-state index >= 15 is 0 Å². The Balaban J connectivity index is 1.64. The first kappa shape index (κ1) is 91.9.